The van der Waals surface area contributed by atoms with Crippen molar-refractivity contribution in [2.75, 3.05) is 6.54 Å². The van der Waals surface area contributed by atoms with Crippen LogP contribution in [0.5, 0.6) is 0 Å². The van der Waals surface area contributed by atoms with Gasteiger partial charge in [0, 0.05) is 24.5 Å². The van der Waals surface area contributed by atoms with E-state index in [1.807, 2.05) is 6.92 Å². The second-order valence-electron chi connectivity index (χ2n) is 4.39. The van der Waals surface area contributed by atoms with E-state index in [1.165, 1.54) is 0 Å². The molecule has 20 heavy (non-hydrogen) atoms. The second kappa shape index (κ2) is 5.82. The van der Waals surface area contributed by atoms with Crippen LogP contribution in [-0.2, 0) is 10.0 Å². The van der Waals surface area contributed by atoms with Crippen LogP contribution in [0.1, 0.15) is 12.0 Å². The fourth-order valence-electron chi connectivity index (χ4n) is 1.91. The minimum Gasteiger partial charge on any atom is -0.393 e. The summed E-state index contributed by atoms with van der Waals surface area (Å²) in [6, 6.07) is 6.80. The Bertz CT molecular complexity index is 757. The average Bonchev–Trinajstić information content (AvgIpc) is 2.38. The Hall–Kier alpha value is -1.57. The highest BCUT2D eigenvalue weighted by atomic mass is 32.2. The molecule has 7 heteroatoms. The maximum absolute atomic E-state index is 12.3. The molecule has 0 unspecified atom stereocenters. The summed E-state index contributed by atoms with van der Waals surface area (Å²) in [5.41, 5.74) is 6.98. The maximum atomic E-state index is 12.3. The maximum Gasteiger partial charge on any atom is 0.241 e. The van der Waals surface area contributed by atoms with Crippen LogP contribution < -0.4 is 10.5 Å². The second-order valence-corrected chi connectivity index (χ2v) is 6.65. The van der Waals surface area contributed by atoms with Crippen LogP contribution in [0.15, 0.2) is 35.4 Å². The SMILES string of the molecule is Cc1ccc(S(=O)(=O)NCCC(N)=S)c2cccnc12. The van der Waals surface area contributed by atoms with Crippen molar-refractivity contribution in [3.05, 3.63) is 36.0 Å². The summed E-state index contributed by atoms with van der Waals surface area (Å²) < 4.78 is 27.1. The number of benzene rings is 1. The van der Waals surface area contributed by atoms with Crippen LogP contribution in [0.2, 0.25) is 0 Å². The predicted octanol–water partition coefficient (Wildman–Crippen LogP) is 1.50. The molecule has 0 fully saturated rings. The molecular weight excluding hydrogens is 294 g/mol. The average molecular weight is 309 g/mol. The van der Waals surface area contributed by atoms with Crippen molar-refractivity contribution in [1.82, 2.24) is 9.71 Å². The van der Waals surface area contributed by atoms with E-state index in [2.05, 4.69) is 9.71 Å². The molecule has 1 aromatic heterocycles. The summed E-state index contributed by atoms with van der Waals surface area (Å²) in [5.74, 6) is 0. The van der Waals surface area contributed by atoms with Gasteiger partial charge in [-0.05, 0) is 30.7 Å². The van der Waals surface area contributed by atoms with Gasteiger partial charge in [0.25, 0.3) is 0 Å². The largest absolute Gasteiger partial charge is 0.393 e. The van der Waals surface area contributed by atoms with Gasteiger partial charge in [0.15, 0.2) is 0 Å². The number of nitrogens with one attached hydrogen (secondary N) is 1. The monoisotopic (exact) mass is 309 g/mol. The van der Waals surface area contributed by atoms with Crippen molar-refractivity contribution in [3.63, 3.8) is 0 Å². The first-order valence-corrected chi connectivity index (χ1v) is 7.93. The Morgan fingerprint density at radius 2 is 2.15 bits per heavy atom. The molecule has 1 aromatic carbocycles. The van der Waals surface area contributed by atoms with Crippen LogP contribution in [-0.4, -0.2) is 24.9 Å². The zero-order chi connectivity index (χ0) is 14.8. The third-order valence-electron chi connectivity index (χ3n) is 2.88. The van der Waals surface area contributed by atoms with Gasteiger partial charge in [0.2, 0.25) is 10.0 Å². The molecule has 1 heterocycles. The molecule has 2 rings (SSSR count). The van der Waals surface area contributed by atoms with Crippen molar-refractivity contribution < 1.29 is 8.42 Å². The predicted molar refractivity (Wildman–Crippen MR) is 83.1 cm³/mol. The Kier molecular flexibility index (Phi) is 4.32. The van der Waals surface area contributed by atoms with E-state index in [4.69, 9.17) is 18.0 Å². The first-order valence-electron chi connectivity index (χ1n) is 6.04. The number of pyridine rings is 1. The van der Waals surface area contributed by atoms with Gasteiger partial charge in [-0.25, -0.2) is 13.1 Å². The summed E-state index contributed by atoms with van der Waals surface area (Å²) in [6.45, 7) is 2.08. The van der Waals surface area contributed by atoms with Gasteiger partial charge in [-0.2, -0.15) is 0 Å². The van der Waals surface area contributed by atoms with E-state index in [-0.39, 0.29) is 16.4 Å². The van der Waals surface area contributed by atoms with Crippen LogP contribution in [0, 0.1) is 6.92 Å². The van der Waals surface area contributed by atoms with E-state index in [0.717, 1.165) is 5.56 Å². The van der Waals surface area contributed by atoms with Crippen molar-refractivity contribution in [2.24, 2.45) is 5.73 Å². The summed E-state index contributed by atoms with van der Waals surface area (Å²) in [4.78, 5) is 4.73. The zero-order valence-electron chi connectivity index (χ0n) is 11.0. The highest BCUT2D eigenvalue weighted by molar-refractivity contribution is 7.89. The van der Waals surface area contributed by atoms with Crippen LogP contribution in [0.25, 0.3) is 10.9 Å². The van der Waals surface area contributed by atoms with Crippen molar-refractivity contribution >= 4 is 38.1 Å². The molecule has 106 valence electrons. The number of fused-ring (bicyclic) bond motifs is 1. The molecule has 0 atom stereocenters. The first kappa shape index (κ1) is 14.8. The molecule has 0 aliphatic carbocycles. The number of hydrogen-bond acceptors (Lipinski definition) is 4. The quantitative estimate of drug-likeness (QED) is 0.818. The van der Waals surface area contributed by atoms with Gasteiger partial charge >= 0.3 is 0 Å². The molecule has 0 saturated carbocycles. The molecule has 0 aliphatic heterocycles. The lowest BCUT2D eigenvalue weighted by Gasteiger charge is -2.10. The molecule has 0 bridgehead atoms. The number of nitrogens with two attached hydrogens (primary N) is 1. The molecule has 5 nitrogen and oxygen atoms in total. The summed E-state index contributed by atoms with van der Waals surface area (Å²) in [7, 11) is -3.60. The number of sulfonamides is 1. The van der Waals surface area contributed by atoms with Gasteiger partial charge in [0.05, 0.1) is 15.4 Å². The fourth-order valence-corrected chi connectivity index (χ4v) is 3.24. The number of aromatic nitrogens is 1. The highest BCUT2D eigenvalue weighted by Gasteiger charge is 2.17. The highest BCUT2D eigenvalue weighted by Crippen LogP contribution is 2.23. The lowest BCUT2D eigenvalue weighted by molar-refractivity contribution is 0.583. The van der Waals surface area contributed by atoms with Crippen LogP contribution in [0.4, 0.5) is 0 Å². The Morgan fingerprint density at radius 1 is 1.40 bits per heavy atom. The smallest absolute Gasteiger partial charge is 0.241 e. The molecule has 3 N–H and O–H groups in total. The molecule has 0 aliphatic rings. The zero-order valence-corrected chi connectivity index (χ0v) is 12.6. The van der Waals surface area contributed by atoms with Crippen LogP contribution >= 0.6 is 12.2 Å². The van der Waals surface area contributed by atoms with E-state index >= 15 is 0 Å². The Morgan fingerprint density at radius 3 is 2.85 bits per heavy atom. The molecule has 0 amide bonds. The van der Waals surface area contributed by atoms with Gasteiger partial charge < -0.3 is 5.73 Å². The van der Waals surface area contributed by atoms with Gasteiger partial charge in [-0.1, -0.05) is 18.3 Å². The van der Waals surface area contributed by atoms with E-state index in [0.29, 0.717) is 17.3 Å². The van der Waals surface area contributed by atoms with E-state index < -0.39 is 10.0 Å². The molecule has 0 saturated heterocycles. The standard InChI is InChI=1S/C13H15N3O2S2/c1-9-4-5-11(10-3-2-7-15-13(9)10)20(17,18)16-8-6-12(14)19/h2-5,7,16H,6,8H2,1H3,(H2,14,19). The molecule has 2 aromatic rings. The number of rotatable bonds is 5. The van der Waals surface area contributed by atoms with Crippen molar-refractivity contribution in [1.29, 1.82) is 0 Å². The Balaban J connectivity index is 2.42. The van der Waals surface area contributed by atoms with E-state index in [9.17, 15) is 8.42 Å². The summed E-state index contributed by atoms with van der Waals surface area (Å²) in [5, 5.41) is 0.607. The number of hydrogen-bond donors (Lipinski definition) is 2. The summed E-state index contributed by atoms with van der Waals surface area (Å²) >= 11 is 4.73. The lowest BCUT2D eigenvalue weighted by Crippen LogP contribution is -2.27. The van der Waals surface area contributed by atoms with Gasteiger partial charge in [-0.3, -0.25) is 4.98 Å². The third kappa shape index (κ3) is 3.12. The van der Waals surface area contributed by atoms with Crippen LogP contribution in [0.3, 0.4) is 0 Å². The topological polar surface area (TPSA) is 85.1 Å². The molecule has 0 spiro atoms. The minimum atomic E-state index is -3.60. The fraction of sp³-hybridized carbons (Fsp3) is 0.231. The van der Waals surface area contributed by atoms with Crippen molar-refractivity contribution in [2.45, 2.75) is 18.2 Å². The molecular formula is C13H15N3O2S2. The number of nitrogens with zero attached hydrogens (tertiary/aromatic N) is 1. The normalized spacial score (nSPS) is 11.7. The lowest BCUT2D eigenvalue weighted by atomic mass is 10.1. The van der Waals surface area contributed by atoms with E-state index in [1.54, 1.807) is 30.5 Å². The number of aryl methyl sites for hydroxylation is 1. The summed E-state index contributed by atoms with van der Waals surface area (Å²) in [6.07, 6.45) is 1.97. The van der Waals surface area contributed by atoms with Crippen molar-refractivity contribution in [3.8, 4) is 0 Å². The number of thiocarbonyl (C=S) groups is 1. The first-order chi connectivity index (χ1) is 9.42. The van der Waals surface area contributed by atoms with Gasteiger partial charge in [0.1, 0.15) is 0 Å². The third-order valence-corrected chi connectivity index (χ3v) is 4.61. The Labute approximate surface area is 123 Å². The van der Waals surface area contributed by atoms with Gasteiger partial charge in [-0.15, -0.1) is 0 Å². The minimum absolute atomic E-state index is 0.188. The molecule has 0 radical (unpaired) electrons.